The number of rotatable bonds is 3. The van der Waals surface area contributed by atoms with Gasteiger partial charge in [-0.25, -0.2) is 19.8 Å². The number of carbonyl (C=O) groups is 1. The second-order valence-electron chi connectivity index (χ2n) is 2.65. The number of anilines is 1. The first-order chi connectivity index (χ1) is 6.56. The first-order valence-corrected chi connectivity index (χ1v) is 3.91. The number of aryl methyl sites for hydroxylation is 1. The van der Waals surface area contributed by atoms with Crippen molar-refractivity contribution in [2.24, 2.45) is 0 Å². The number of hydroxylamine groups is 1. The summed E-state index contributed by atoms with van der Waals surface area (Å²) in [7, 11) is 3.11. The van der Waals surface area contributed by atoms with Crippen molar-refractivity contribution in [1.29, 1.82) is 0 Å². The van der Waals surface area contributed by atoms with Gasteiger partial charge in [0.2, 0.25) is 5.95 Å². The first kappa shape index (κ1) is 10.4. The minimum absolute atomic E-state index is 0.0956. The Morgan fingerprint density at radius 2 is 2.29 bits per heavy atom. The number of hydrogen-bond acceptors (Lipinski definition) is 5. The fourth-order valence-corrected chi connectivity index (χ4v) is 0.898. The van der Waals surface area contributed by atoms with E-state index in [4.69, 9.17) is 9.94 Å². The quantitative estimate of drug-likeness (QED) is 0.710. The predicted molar refractivity (Wildman–Crippen MR) is 49.1 cm³/mol. The van der Waals surface area contributed by atoms with E-state index in [1.165, 1.54) is 18.4 Å². The Kier molecular flexibility index (Phi) is 2.98. The van der Waals surface area contributed by atoms with E-state index in [1.807, 2.05) is 0 Å². The van der Waals surface area contributed by atoms with Crippen LogP contribution >= 0.6 is 0 Å². The SMILES string of the molecule is CON(C)c1ncc(C(=O)O)c(C)n1. The summed E-state index contributed by atoms with van der Waals surface area (Å²) in [4.78, 5) is 23.3. The average Bonchev–Trinajstić information content (AvgIpc) is 2.15. The minimum Gasteiger partial charge on any atom is -0.478 e. The summed E-state index contributed by atoms with van der Waals surface area (Å²) in [6.45, 7) is 1.61. The number of nitrogens with zero attached hydrogens (tertiary/aromatic N) is 3. The van der Waals surface area contributed by atoms with Crippen molar-refractivity contribution in [3.8, 4) is 0 Å². The third-order valence-electron chi connectivity index (χ3n) is 1.75. The first-order valence-electron chi connectivity index (χ1n) is 3.91. The van der Waals surface area contributed by atoms with Crippen LogP contribution in [0.4, 0.5) is 5.95 Å². The minimum atomic E-state index is -1.03. The van der Waals surface area contributed by atoms with Crippen molar-refractivity contribution >= 4 is 11.9 Å². The molecule has 6 heteroatoms. The zero-order valence-electron chi connectivity index (χ0n) is 8.18. The number of aromatic nitrogens is 2. The van der Waals surface area contributed by atoms with Crippen LogP contribution < -0.4 is 5.06 Å². The maximum Gasteiger partial charge on any atom is 0.339 e. The summed E-state index contributed by atoms with van der Waals surface area (Å²) in [5.74, 6) is -0.705. The van der Waals surface area contributed by atoms with Crippen molar-refractivity contribution < 1.29 is 14.7 Å². The standard InChI is InChI=1S/C8H11N3O3/c1-5-6(7(12)13)4-9-8(10-5)11(2)14-3/h4H,1-3H3,(H,12,13). The van der Waals surface area contributed by atoms with Crippen LogP contribution in [0.5, 0.6) is 0 Å². The van der Waals surface area contributed by atoms with Crippen LogP contribution in [0.25, 0.3) is 0 Å². The van der Waals surface area contributed by atoms with Gasteiger partial charge in [0.15, 0.2) is 0 Å². The highest BCUT2D eigenvalue weighted by atomic mass is 16.7. The molecule has 0 radical (unpaired) electrons. The van der Waals surface area contributed by atoms with E-state index in [0.29, 0.717) is 11.6 Å². The van der Waals surface area contributed by atoms with E-state index >= 15 is 0 Å². The molecule has 0 aromatic carbocycles. The molecule has 0 saturated carbocycles. The van der Waals surface area contributed by atoms with Gasteiger partial charge in [-0.15, -0.1) is 0 Å². The van der Waals surface area contributed by atoms with Crippen LogP contribution in [0.1, 0.15) is 16.1 Å². The van der Waals surface area contributed by atoms with Crippen LogP contribution in [0, 0.1) is 6.92 Å². The second-order valence-corrected chi connectivity index (χ2v) is 2.65. The maximum atomic E-state index is 10.6. The largest absolute Gasteiger partial charge is 0.478 e. The van der Waals surface area contributed by atoms with Gasteiger partial charge in [0, 0.05) is 13.2 Å². The summed E-state index contributed by atoms with van der Waals surface area (Å²) in [6, 6.07) is 0. The molecule has 0 aliphatic rings. The molecule has 0 spiro atoms. The molecule has 0 aliphatic heterocycles. The molecule has 1 aromatic rings. The molecular formula is C8H11N3O3. The van der Waals surface area contributed by atoms with Gasteiger partial charge in [0.25, 0.3) is 0 Å². The maximum absolute atomic E-state index is 10.6. The third-order valence-corrected chi connectivity index (χ3v) is 1.75. The van der Waals surface area contributed by atoms with Gasteiger partial charge in [-0.1, -0.05) is 0 Å². The van der Waals surface area contributed by atoms with Gasteiger partial charge in [-0.3, -0.25) is 4.84 Å². The number of hydrogen-bond donors (Lipinski definition) is 1. The van der Waals surface area contributed by atoms with E-state index in [9.17, 15) is 4.79 Å². The second kappa shape index (κ2) is 4.01. The highest BCUT2D eigenvalue weighted by Crippen LogP contribution is 2.09. The van der Waals surface area contributed by atoms with Crippen molar-refractivity contribution in [3.63, 3.8) is 0 Å². The molecule has 6 nitrogen and oxygen atoms in total. The van der Waals surface area contributed by atoms with E-state index < -0.39 is 5.97 Å². The van der Waals surface area contributed by atoms with Crippen molar-refractivity contribution in [2.75, 3.05) is 19.2 Å². The molecule has 1 aromatic heterocycles. The molecule has 76 valence electrons. The zero-order valence-corrected chi connectivity index (χ0v) is 8.18. The number of aromatic carboxylic acids is 1. The smallest absolute Gasteiger partial charge is 0.339 e. The Morgan fingerprint density at radius 3 is 2.71 bits per heavy atom. The third kappa shape index (κ3) is 1.97. The summed E-state index contributed by atoms with van der Waals surface area (Å²) < 4.78 is 0. The van der Waals surface area contributed by atoms with Crippen molar-refractivity contribution in [3.05, 3.63) is 17.5 Å². The zero-order chi connectivity index (χ0) is 10.7. The Bertz CT molecular complexity index is 354. The monoisotopic (exact) mass is 197 g/mol. The Labute approximate surface area is 81.1 Å². The normalized spacial score (nSPS) is 9.93. The highest BCUT2D eigenvalue weighted by molar-refractivity contribution is 5.88. The number of carboxylic acid groups (broad SMARTS) is 1. The summed E-state index contributed by atoms with van der Waals surface area (Å²) in [5.41, 5.74) is 0.504. The lowest BCUT2D eigenvalue weighted by atomic mass is 10.2. The van der Waals surface area contributed by atoms with Gasteiger partial charge >= 0.3 is 5.97 Å². The molecule has 0 saturated heterocycles. The topological polar surface area (TPSA) is 75.5 Å². The Morgan fingerprint density at radius 1 is 1.64 bits per heavy atom. The van der Waals surface area contributed by atoms with Gasteiger partial charge in [-0.05, 0) is 6.92 Å². The van der Waals surface area contributed by atoms with Crippen LogP contribution in [-0.2, 0) is 4.84 Å². The number of carboxylic acids is 1. The van der Waals surface area contributed by atoms with Crippen LogP contribution in [-0.4, -0.2) is 35.2 Å². The van der Waals surface area contributed by atoms with Gasteiger partial charge < -0.3 is 5.11 Å². The van der Waals surface area contributed by atoms with Crippen LogP contribution in [0.2, 0.25) is 0 Å². The fraction of sp³-hybridized carbons (Fsp3) is 0.375. The molecule has 0 aliphatic carbocycles. The highest BCUT2D eigenvalue weighted by Gasteiger charge is 2.11. The summed E-state index contributed by atoms with van der Waals surface area (Å²) in [6.07, 6.45) is 1.26. The molecule has 0 amide bonds. The molecule has 14 heavy (non-hydrogen) atoms. The van der Waals surface area contributed by atoms with Crippen molar-refractivity contribution in [2.45, 2.75) is 6.92 Å². The van der Waals surface area contributed by atoms with Gasteiger partial charge in [0.05, 0.1) is 18.4 Å². The molecule has 1 rings (SSSR count). The van der Waals surface area contributed by atoms with Gasteiger partial charge in [0.1, 0.15) is 0 Å². The van der Waals surface area contributed by atoms with E-state index in [-0.39, 0.29) is 5.56 Å². The van der Waals surface area contributed by atoms with Crippen LogP contribution in [0.15, 0.2) is 6.20 Å². The lowest BCUT2D eigenvalue weighted by molar-refractivity contribution is 0.0695. The summed E-state index contributed by atoms with van der Waals surface area (Å²) >= 11 is 0. The lowest BCUT2D eigenvalue weighted by Gasteiger charge is -2.13. The molecule has 1 heterocycles. The van der Waals surface area contributed by atoms with Gasteiger partial charge in [-0.2, -0.15) is 0 Å². The predicted octanol–water partition coefficient (Wildman–Crippen LogP) is 0.481. The van der Waals surface area contributed by atoms with E-state index in [1.54, 1.807) is 14.0 Å². The molecule has 0 bridgehead atoms. The average molecular weight is 197 g/mol. The van der Waals surface area contributed by atoms with Crippen molar-refractivity contribution in [1.82, 2.24) is 9.97 Å². The summed E-state index contributed by atoms with van der Waals surface area (Å²) in [5, 5.41) is 10.1. The van der Waals surface area contributed by atoms with E-state index in [2.05, 4.69) is 9.97 Å². The molecule has 1 N–H and O–H groups in total. The Hall–Kier alpha value is -1.69. The fourth-order valence-electron chi connectivity index (χ4n) is 0.898. The molecule has 0 atom stereocenters. The molecule has 0 fully saturated rings. The Balaban J connectivity index is 3.06. The van der Waals surface area contributed by atoms with E-state index in [0.717, 1.165) is 0 Å². The molecule has 0 unspecified atom stereocenters. The molecular weight excluding hydrogens is 186 g/mol. The van der Waals surface area contributed by atoms with Crippen LogP contribution in [0.3, 0.4) is 0 Å². The lowest BCUT2D eigenvalue weighted by Crippen LogP contribution is -2.19.